The molecule has 0 saturated heterocycles. The normalized spacial score (nSPS) is 11.3. The van der Waals surface area contributed by atoms with Crippen LogP contribution in [-0.2, 0) is 11.0 Å². The Morgan fingerprint density at radius 1 is 0.920 bits per heavy atom. The van der Waals surface area contributed by atoms with Crippen LogP contribution in [0.25, 0.3) is 0 Å². The van der Waals surface area contributed by atoms with Gasteiger partial charge in [0.05, 0.1) is 5.56 Å². The Balaban J connectivity index is 2.09. The summed E-state index contributed by atoms with van der Waals surface area (Å²) >= 11 is 0. The van der Waals surface area contributed by atoms with E-state index in [9.17, 15) is 22.8 Å². The van der Waals surface area contributed by atoms with Gasteiger partial charge in [-0.3, -0.25) is 9.59 Å². The fraction of sp³-hybridized carbons (Fsp3) is 0.222. The number of halogens is 3. The zero-order valence-electron chi connectivity index (χ0n) is 13.6. The summed E-state index contributed by atoms with van der Waals surface area (Å²) in [6.07, 6.45) is -4.45. The number of carbonyl (C=O) groups excluding carboxylic acids is 2. The van der Waals surface area contributed by atoms with Crippen LogP contribution in [-0.4, -0.2) is 11.8 Å². The molecule has 0 atom stereocenters. The number of anilines is 2. The topological polar surface area (TPSA) is 58.2 Å². The average molecular weight is 350 g/mol. The maximum absolute atomic E-state index is 12.5. The van der Waals surface area contributed by atoms with Gasteiger partial charge in [0.25, 0.3) is 5.91 Å². The monoisotopic (exact) mass is 350 g/mol. The van der Waals surface area contributed by atoms with Gasteiger partial charge in [-0.2, -0.15) is 13.2 Å². The van der Waals surface area contributed by atoms with Crippen LogP contribution in [0.4, 0.5) is 24.5 Å². The number of rotatable bonds is 4. The molecule has 0 bridgehead atoms. The van der Waals surface area contributed by atoms with Gasteiger partial charge in [0.15, 0.2) is 0 Å². The van der Waals surface area contributed by atoms with Crippen molar-refractivity contribution < 1.29 is 22.8 Å². The second kappa shape index (κ2) is 7.38. The lowest BCUT2D eigenvalue weighted by Crippen LogP contribution is -2.18. The van der Waals surface area contributed by atoms with Gasteiger partial charge in [0, 0.05) is 22.9 Å². The highest BCUT2D eigenvalue weighted by Gasteiger charge is 2.30. The lowest BCUT2D eigenvalue weighted by molar-refractivity contribution is -0.137. The van der Waals surface area contributed by atoms with E-state index in [0.29, 0.717) is 11.4 Å². The summed E-state index contributed by atoms with van der Waals surface area (Å²) in [6, 6.07) is 10.5. The van der Waals surface area contributed by atoms with Crippen molar-refractivity contribution in [2.45, 2.75) is 20.0 Å². The van der Waals surface area contributed by atoms with Crippen LogP contribution >= 0.6 is 0 Å². The lowest BCUT2D eigenvalue weighted by atomic mass is 10.1. The van der Waals surface area contributed by atoms with Crippen molar-refractivity contribution in [2.24, 2.45) is 5.92 Å². The van der Waals surface area contributed by atoms with E-state index >= 15 is 0 Å². The largest absolute Gasteiger partial charge is 0.416 e. The van der Waals surface area contributed by atoms with Crippen molar-refractivity contribution in [1.29, 1.82) is 0 Å². The molecule has 0 aliphatic carbocycles. The molecule has 2 aromatic rings. The molecule has 0 fully saturated rings. The second-order valence-electron chi connectivity index (χ2n) is 5.75. The van der Waals surface area contributed by atoms with Crippen LogP contribution in [0.2, 0.25) is 0 Å². The first kappa shape index (κ1) is 18.5. The summed E-state index contributed by atoms with van der Waals surface area (Å²) in [4.78, 5) is 23.8. The molecule has 0 spiro atoms. The average Bonchev–Trinajstić information content (AvgIpc) is 2.54. The maximum Gasteiger partial charge on any atom is 0.416 e. The van der Waals surface area contributed by atoms with Crippen LogP contribution in [0.15, 0.2) is 48.5 Å². The van der Waals surface area contributed by atoms with E-state index in [-0.39, 0.29) is 17.4 Å². The van der Waals surface area contributed by atoms with E-state index < -0.39 is 17.6 Å². The number of benzene rings is 2. The van der Waals surface area contributed by atoms with Crippen molar-refractivity contribution in [3.63, 3.8) is 0 Å². The number of hydrogen-bond acceptors (Lipinski definition) is 2. The standard InChI is InChI=1S/C18H17F3N2O2/c1-11(2)16(24)22-14-4-3-5-15(10-14)23-17(25)12-6-8-13(9-7-12)18(19,20)21/h3-11H,1-2H3,(H,22,24)(H,23,25). The molecule has 4 nitrogen and oxygen atoms in total. The van der Waals surface area contributed by atoms with Crippen LogP contribution in [0.3, 0.4) is 0 Å². The summed E-state index contributed by atoms with van der Waals surface area (Å²) < 4.78 is 37.6. The number of hydrogen-bond donors (Lipinski definition) is 2. The van der Waals surface area contributed by atoms with Gasteiger partial charge in [0.2, 0.25) is 5.91 Å². The Morgan fingerprint density at radius 3 is 2.00 bits per heavy atom. The molecular weight excluding hydrogens is 333 g/mol. The minimum atomic E-state index is -4.45. The molecule has 0 aliphatic heterocycles. The smallest absolute Gasteiger partial charge is 0.326 e. The van der Waals surface area contributed by atoms with Gasteiger partial charge in [-0.15, -0.1) is 0 Å². The summed E-state index contributed by atoms with van der Waals surface area (Å²) in [5, 5.41) is 5.29. The predicted molar refractivity (Wildman–Crippen MR) is 89.3 cm³/mol. The Hall–Kier alpha value is -2.83. The molecule has 0 saturated carbocycles. The zero-order chi connectivity index (χ0) is 18.6. The van der Waals surface area contributed by atoms with Gasteiger partial charge < -0.3 is 10.6 Å². The van der Waals surface area contributed by atoms with E-state index in [4.69, 9.17) is 0 Å². The molecule has 2 N–H and O–H groups in total. The maximum atomic E-state index is 12.5. The molecule has 0 heterocycles. The third-order valence-electron chi connectivity index (χ3n) is 3.39. The first-order chi connectivity index (χ1) is 11.7. The summed E-state index contributed by atoms with van der Waals surface area (Å²) in [7, 11) is 0. The van der Waals surface area contributed by atoms with Crippen LogP contribution in [0.5, 0.6) is 0 Å². The summed E-state index contributed by atoms with van der Waals surface area (Å²) in [5.74, 6) is -0.891. The first-order valence-corrected chi connectivity index (χ1v) is 7.56. The molecule has 25 heavy (non-hydrogen) atoms. The first-order valence-electron chi connectivity index (χ1n) is 7.56. The highest BCUT2D eigenvalue weighted by atomic mass is 19.4. The van der Waals surface area contributed by atoms with Crippen molar-refractivity contribution in [2.75, 3.05) is 10.6 Å². The lowest BCUT2D eigenvalue weighted by Gasteiger charge is -2.11. The van der Waals surface area contributed by atoms with Gasteiger partial charge in [-0.1, -0.05) is 19.9 Å². The molecule has 0 radical (unpaired) electrons. The van der Waals surface area contributed by atoms with Gasteiger partial charge >= 0.3 is 6.18 Å². The Morgan fingerprint density at radius 2 is 1.48 bits per heavy atom. The minimum Gasteiger partial charge on any atom is -0.326 e. The fourth-order valence-electron chi connectivity index (χ4n) is 1.98. The molecule has 0 aliphatic rings. The van der Waals surface area contributed by atoms with E-state index in [1.54, 1.807) is 38.1 Å². The van der Waals surface area contributed by atoms with Crippen LogP contribution in [0, 0.1) is 5.92 Å². The van der Waals surface area contributed by atoms with E-state index in [2.05, 4.69) is 10.6 Å². The predicted octanol–water partition coefficient (Wildman–Crippen LogP) is 4.55. The van der Waals surface area contributed by atoms with Crippen molar-refractivity contribution >= 4 is 23.2 Å². The minimum absolute atomic E-state index is 0.101. The van der Waals surface area contributed by atoms with Gasteiger partial charge in [-0.05, 0) is 42.5 Å². The zero-order valence-corrected chi connectivity index (χ0v) is 13.6. The molecule has 2 aromatic carbocycles. The molecule has 2 amide bonds. The SMILES string of the molecule is CC(C)C(=O)Nc1cccc(NC(=O)c2ccc(C(F)(F)F)cc2)c1. The Labute approximate surface area is 143 Å². The summed E-state index contributed by atoms with van der Waals surface area (Å²) in [5.41, 5.74) is 0.224. The molecule has 7 heteroatoms. The summed E-state index contributed by atoms with van der Waals surface area (Å²) in [6.45, 7) is 3.51. The quantitative estimate of drug-likeness (QED) is 0.850. The fourth-order valence-corrected chi connectivity index (χ4v) is 1.98. The third-order valence-corrected chi connectivity index (χ3v) is 3.39. The molecule has 132 valence electrons. The molecular formula is C18H17F3N2O2. The van der Waals surface area contributed by atoms with E-state index in [0.717, 1.165) is 24.3 Å². The third kappa shape index (κ3) is 5.07. The molecule has 2 rings (SSSR count). The second-order valence-corrected chi connectivity index (χ2v) is 5.75. The van der Waals surface area contributed by atoms with E-state index in [1.807, 2.05) is 0 Å². The highest BCUT2D eigenvalue weighted by Crippen LogP contribution is 2.29. The number of nitrogens with one attached hydrogen (secondary N) is 2. The Bertz CT molecular complexity index is 769. The van der Waals surface area contributed by atoms with Gasteiger partial charge in [0.1, 0.15) is 0 Å². The molecule has 0 aromatic heterocycles. The van der Waals surface area contributed by atoms with Crippen LogP contribution in [0.1, 0.15) is 29.8 Å². The van der Waals surface area contributed by atoms with E-state index in [1.165, 1.54) is 0 Å². The highest BCUT2D eigenvalue weighted by molar-refractivity contribution is 6.04. The van der Waals surface area contributed by atoms with Crippen LogP contribution < -0.4 is 10.6 Å². The van der Waals surface area contributed by atoms with Crippen molar-refractivity contribution in [1.82, 2.24) is 0 Å². The Kier molecular flexibility index (Phi) is 5.46. The number of amides is 2. The van der Waals surface area contributed by atoms with Crippen molar-refractivity contribution in [3.8, 4) is 0 Å². The number of alkyl halides is 3. The molecule has 0 unspecified atom stereocenters. The van der Waals surface area contributed by atoms with Gasteiger partial charge in [-0.25, -0.2) is 0 Å². The van der Waals surface area contributed by atoms with Crippen molar-refractivity contribution in [3.05, 3.63) is 59.7 Å². The number of carbonyl (C=O) groups is 2.